The van der Waals surface area contributed by atoms with Crippen LogP contribution in [0.1, 0.15) is 213 Å². The van der Waals surface area contributed by atoms with Crippen LogP contribution in [0.5, 0.6) is 0 Å². The quantitative estimate of drug-likeness (QED) is 0.0323. The van der Waals surface area contributed by atoms with Gasteiger partial charge in [0.15, 0.2) is 0 Å². The molecule has 0 aliphatic carbocycles. The molecule has 0 aliphatic heterocycles. The van der Waals surface area contributed by atoms with Crippen molar-refractivity contribution < 1.29 is 24.5 Å². The van der Waals surface area contributed by atoms with Crippen LogP contribution >= 0.6 is 0 Å². The Bertz CT molecular complexity index is 1220. The lowest BCUT2D eigenvalue weighted by Crippen LogP contribution is -2.46. The summed E-state index contributed by atoms with van der Waals surface area (Å²) in [5, 5.41) is 23.7. The fraction of sp³-hybridized carbons (Fsp3) is 0.673. The number of ether oxygens (including phenoxy) is 1. The molecular formula is C55H93NO5. The first-order valence-corrected chi connectivity index (χ1v) is 25.1. The van der Waals surface area contributed by atoms with Crippen molar-refractivity contribution in [2.24, 2.45) is 0 Å². The average Bonchev–Trinajstić information content (AvgIpc) is 3.25. The molecule has 6 nitrogen and oxygen atoms in total. The van der Waals surface area contributed by atoms with Gasteiger partial charge in [0, 0.05) is 6.42 Å². The standard InChI is InChI=1S/C55H93NO5/c1-4-7-10-13-16-19-22-24-26-28-30-33-36-39-42-45-48-55(60)61-51(46-43-40-37-34-32-29-27-25-23-20-17-14-11-8-5-2)49-54(59)56-52(50-57)53(58)47-44-41-38-35-31-21-18-15-12-9-6-3/h8,11,14,17,20,23,25-30,32-34,37,51-53,57-58H,4-7,9-10,12-13,15-16,18-19,21-22,24,31,35-36,38-50H2,1-3H3,(H,56,59)/b11-8-,17-14+,23-20+,27-25-,28-26+,32-29+,33-30+,37-34+. The summed E-state index contributed by atoms with van der Waals surface area (Å²) in [6.45, 7) is 6.28. The summed E-state index contributed by atoms with van der Waals surface area (Å²) in [6.07, 6.45) is 63.2. The van der Waals surface area contributed by atoms with Gasteiger partial charge in [-0.2, -0.15) is 0 Å². The van der Waals surface area contributed by atoms with Crippen molar-refractivity contribution in [1.82, 2.24) is 5.32 Å². The molecule has 0 saturated carbocycles. The third-order valence-corrected chi connectivity index (χ3v) is 10.8. The maximum atomic E-state index is 13.2. The van der Waals surface area contributed by atoms with Gasteiger partial charge in [-0.15, -0.1) is 0 Å². The average molecular weight is 848 g/mol. The molecule has 348 valence electrons. The van der Waals surface area contributed by atoms with Crippen LogP contribution in [0.15, 0.2) is 97.2 Å². The maximum Gasteiger partial charge on any atom is 0.306 e. The molecular weight excluding hydrogens is 755 g/mol. The molecule has 3 unspecified atom stereocenters. The minimum atomic E-state index is -0.817. The van der Waals surface area contributed by atoms with Crippen molar-refractivity contribution in [3.8, 4) is 0 Å². The van der Waals surface area contributed by atoms with E-state index in [1.54, 1.807) is 0 Å². The zero-order valence-corrected chi connectivity index (χ0v) is 39.5. The van der Waals surface area contributed by atoms with Gasteiger partial charge in [-0.05, 0) is 64.2 Å². The third kappa shape index (κ3) is 43.2. The highest BCUT2D eigenvalue weighted by Gasteiger charge is 2.24. The van der Waals surface area contributed by atoms with E-state index in [2.05, 4.69) is 62.5 Å². The first-order valence-electron chi connectivity index (χ1n) is 25.1. The van der Waals surface area contributed by atoms with Gasteiger partial charge >= 0.3 is 5.97 Å². The normalized spacial score (nSPS) is 14.1. The summed E-state index contributed by atoms with van der Waals surface area (Å²) >= 11 is 0. The Labute approximate surface area is 376 Å². The number of allylic oxidation sites excluding steroid dienone is 16. The minimum absolute atomic E-state index is 0.0106. The topological polar surface area (TPSA) is 95.9 Å². The van der Waals surface area contributed by atoms with Crippen molar-refractivity contribution in [1.29, 1.82) is 0 Å². The van der Waals surface area contributed by atoms with E-state index in [1.165, 1.54) is 96.3 Å². The fourth-order valence-electron chi connectivity index (χ4n) is 7.05. The molecule has 0 rings (SSSR count). The van der Waals surface area contributed by atoms with Crippen molar-refractivity contribution in [3.63, 3.8) is 0 Å². The van der Waals surface area contributed by atoms with E-state index in [0.717, 1.165) is 70.6 Å². The molecule has 3 N–H and O–H groups in total. The smallest absolute Gasteiger partial charge is 0.306 e. The Hall–Kier alpha value is -3.22. The number of unbranched alkanes of at least 4 members (excludes halogenated alkanes) is 21. The van der Waals surface area contributed by atoms with Crippen LogP contribution in [0.2, 0.25) is 0 Å². The Morgan fingerprint density at radius 2 is 0.902 bits per heavy atom. The van der Waals surface area contributed by atoms with E-state index < -0.39 is 18.2 Å². The second-order valence-electron chi connectivity index (χ2n) is 16.7. The molecule has 0 fully saturated rings. The number of hydrogen-bond acceptors (Lipinski definition) is 5. The van der Waals surface area contributed by atoms with Crippen LogP contribution in [0, 0.1) is 0 Å². The van der Waals surface area contributed by atoms with Crippen LogP contribution < -0.4 is 5.32 Å². The van der Waals surface area contributed by atoms with Gasteiger partial charge in [-0.3, -0.25) is 9.59 Å². The molecule has 61 heavy (non-hydrogen) atoms. The zero-order chi connectivity index (χ0) is 44.5. The molecule has 0 aromatic rings. The lowest BCUT2D eigenvalue weighted by molar-refractivity contribution is -0.151. The lowest BCUT2D eigenvalue weighted by Gasteiger charge is -2.24. The first kappa shape index (κ1) is 57.8. The lowest BCUT2D eigenvalue weighted by atomic mass is 10.0. The number of rotatable bonds is 43. The molecule has 0 saturated heterocycles. The van der Waals surface area contributed by atoms with Crippen molar-refractivity contribution in [2.75, 3.05) is 6.61 Å². The second kappa shape index (κ2) is 47.8. The van der Waals surface area contributed by atoms with Gasteiger partial charge in [0.05, 0.1) is 25.2 Å². The highest BCUT2D eigenvalue weighted by atomic mass is 16.5. The molecule has 3 atom stereocenters. The number of nitrogens with one attached hydrogen (secondary N) is 1. The Morgan fingerprint density at radius 1 is 0.492 bits per heavy atom. The highest BCUT2D eigenvalue weighted by molar-refractivity contribution is 5.77. The number of amides is 1. The van der Waals surface area contributed by atoms with Crippen LogP contribution in [-0.2, 0) is 14.3 Å². The molecule has 6 heteroatoms. The summed E-state index contributed by atoms with van der Waals surface area (Å²) in [5.74, 6) is -0.589. The SMILES string of the molecule is CC\C=C/C=C/C=C/C=C\C=C\C=C\CCCC(CC(=O)NC(CO)C(O)CCCCCCCCCCCCC)OC(=O)CCCCC/C=C/C=C/CCCCCCCCC. The van der Waals surface area contributed by atoms with Gasteiger partial charge in [-0.25, -0.2) is 0 Å². The van der Waals surface area contributed by atoms with Crippen LogP contribution in [0.3, 0.4) is 0 Å². The molecule has 0 spiro atoms. The molecule has 0 bridgehead atoms. The Morgan fingerprint density at radius 3 is 1.39 bits per heavy atom. The van der Waals surface area contributed by atoms with E-state index in [9.17, 15) is 19.8 Å². The first-order chi connectivity index (χ1) is 30.0. The largest absolute Gasteiger partial charge is 0.462 e. The third-order valence-electron chi connectivity index (χ3n) is 10.8. The highest BCUT2D eigenvalue weighted by Crippen LogP contribution is 2.16. The van der Waals surface area contributed by atoms with Gasteiger partial charge in [-0.1, -0.05) is 234 Å². The minimum Gasteiger partial charge on any atom is -0.462 e. The Kier molecular flexibility index (Phi) is 45.3. The van der Waals surface area contributed by atoms with E-state index >= 15 is 0 Å². The summed E-state index contributed by atoms with van der Waals surface area (Å²) in [6, 6.07) is -0.736. The molecule has 1 amide bonds. The molecule has 0 radical (unpaired) electrons. The Balaban J connectivity index is 4.80. The number of aliphatic hydroxyl groups excluding tert-OH is 2. The van der Waals surface area contributed by atoms with Gasteiger partial charge in [0.25, 0.3) is 0 Å². The van der Waals surface area contributed by atoms with Crippen LogP contribution in [0.4, 0.5) is 0 Å². The number of carbonyl (C=O) groups excluding carboxylic acids is 2. The zero-order valence-electron chi connectivity index (χ0n) is 39.5. The predicted molar refractivity (Wildman–Crippen MR) is 264 cm³/mol. The second-order valence-corrected chi connectivity index (χ2v) is 16.7. The van der Waals surface area contributed by atoms with Gasteiger partial charge in [0.1, 0.15) is 6.10 Å². The summed E-state index contributed by atoms with van der Waals surface area (Å²) in [4.78, 5) is 26.1. The van der Waals surface area contributed by atoms with Crippen molar-refractivity contribution in [2.45, 2.75) is 232 Å². The van der Waals surface area contributed by atoms with Gasteiger partial charge < -0.3 is 20.3 Å². The summed E-state index contributed by atoms with van der Waals surface area (Å²) in [5.41, 5.74) is 0. The monoisotopic (exact) mass is 848 g/mol. The van der Waals surface area contributed by atoms with E-state index in [1.807, 2.05) is 60.8 Å². The van der Waals surface area contributed by atoms with E-state index in [-0.39, 0.29) is 24.9 Å². The summed E-state index contributed by atoms with van der Waals surface area (Å²) in [7, 11) is 0. The van der Waals surface area contributed by atoms with E-state index in [4.69, 9.17) is 4.74 Å². The molecule has 0 aromatic heterocycles. The van der Waals surface area contributed by atoms with Gasteiger partial charge in [0.2, 0.25) is 5.91 Å². The fourth-order valence-corrected chi connectivity index (χ4v) is 7.05. The number of carbonyl (C=O) groups is 2. The molecule has 0 aliphatic rings. The number of aliphatic hydroxyl groups is 2. The van der Waals surface area contributed by atoms with Crippen molar-refractivity contribution in [3.05, 3.63) is 97.2 Å². The number of hydrogen-bond donors (Lipinski definition) is 3. The van der Waals surface area contributed by atoms with Crippen molar-refractivity contribution >= 4 is 11.9 Å². The predicted octanol–water partition coefficient (Wildman–Crippen LogP) is 14.9. The van der Waals surface area contributed by atoms with E-state index in [0.29, 0.717) is 19.3 Å². The summed E-state index contributed by atoms with van der Waals surface area (Å²) < 4.78 is 5.87. The number of esters is 1. The maximum absolute atomic E-state index is 13.2. The van der Waals surface area contributed by atoms with Crippen LogP contribution in [-0.4, -0.2) is 46.9 Å². The van der Waals surface area contributed by atoms with Crippen LogP contribution in [0.25, 0.3) is 0 Å². The molecule has 0 aromatic carbocycles. The molecule has 0 heterocycles.